The fourth-order valence-electron chi connectivity index (χ4n) is 2.53. The van der Waals surface area contributed by atoms with Gasteiger partial charge in [-0.05, 0) is 30.0 Å². The van der Waals surface area contributed by atoms with Crippen molar-refractivity contribution in [1.29, 1.82) is 5.26 Å². The first-order valence-electron chi connectivity index (χ1n) is 8.29. The highest BCUT2D eigenvalue weighted by molar-refractivity contribution is 5.85. The standard InChI is InChI=1S/C18H24N4O2/c1-14(2)7-8-20-18(24)22-10-9-21(17(23)13-22)12-16-5-3-15(11-19)4-6-16/h3-6,14H,7-10,12-13H2,1-2H3,(H,20,24). The van der Waals surface area contributed by atoms with E-state index in [1.54, 1.807) is 21.9 Å². The highest BCUT2D eigenvalue weighted by Gasteiger charge is 2.26. The van der Waals surface area contributed by atoms with Crippen LogP contribution in [0.15, 0.2) is 24.3 Å². The van der Waals surface area contributed by atoms with Crippen LogP contribution in [0.25, 0.3) is 0 Å². The first-order valence-corrected chi connectivity index (χ1v) is 8.29. The van der Waals surface area contributed by atoms with Crippen molar-refractivity contribution in [3.05, 3.63) is 35.4 Å². The maximum absolute atomic E-state index is 12.3. The monoisotopic (exact) mass is 328 g/mol. The molecule has 0 spiro atoms. The number of amides is 3. The van der Waals surface area contributed by atoms with Crippen LogP contribution in [0.2, 0.25) is 0 Å². The number of urea groups is 1. The van der Waals surface area contributed by atoms with Crippen LogP contribution in [-0.4, -0.2) is 47.9 Å². The second kappa shape index (κ2) is 8.34. The summed E-state index contributed by atoms with van der Waals surface area (Å²) in [5.74, 6) is 0.487. The molecule has 3 amide bonds. The van der Waals surface area contributed by atoms with E-state index in [9.17, 15) is 9.59 Å². The van der Waals surface area contributed by atoms with Crippen molar-refractivity contribution in [1.82, 2.24) is 15.1 Å². The molecule has 0 aromatic heterocycles. The second-order valence-electron chi connectivity index (χ2n) is 6.46. The first kappa shape index (κ1) is 17.8. The highest BCUT2D eigenvalue weighted by Crippen LogP contribution is 2.11. The molecule has 128 valence electrons. The fourth-order valence-corrected chi connectivity index (χ4v) is 2.53. The summed E-state index contributed by atoms with van der Waals surface area (Å²) >= 11 is 0. The molecule has 0 radical (unpaired) electrons. The summed E-state index contributed by atoms with van der Waals surface area (Å²) in [6.45, 7) is 6.54. The highest BCUT2D eigenvalue weighted by atomic mass is 16.2. The van der Waals surface area contributed by atoms with E-state index in [1.807, 2.05) is 12.1 Å². The third-order valence-electron chi connectivity index (χ3n) is 4.06. The molecule has 0 unspecified atom stereocenters. The molecule has 1 fully saturated rings. The van der Waals surface area contributed by atoms with E-state index in [0.29, 0.717) is 37.7 Å². The summed E-state index contributed by atoms with van der Waals surface area (Å²) in [5.41, 5.74) is 1.59. The Bertz CT molecular complexity index is 619. The topological polar surface area (TPSA) is 76.4 Å². The predicted molar refractivity (Wildman–Crippen MR) is 91.0 cm³/mol. The molecule has 0 saturated carbocycles. The Morgan fingerprint density at radius 2 is 2.00 bits per heavy atom. The van der Waals surface area contributed by atoms with Crippen molar-refractivity contribution in [2.24, 2.45) is 5.92 Å². The van der Waals surface area contributed by atoms with E-state index in [1.165, 1.54) is 0 Å². The summed E-state index contributed by atoms with van der Waals surface area (Å²) in [7, 11) is 0. The molecule has 0 bridgehead atoms. The van der Waals surface area contributed by atoms with Crippen molar-refractivity contribution in [3.63, 3.8) is 0 Å². The van der Waals surface area contributed by atoms with E-state index in [0.717, 1.165) is 12.0 Å². The van der Waals surface area contributed by atoms with Crippen molar-refractivity contribution in [2.45, 2.75) is 26.8 Å². The maximum atomic E-state index is 12.3. The predicted octanol–water partition coefficient (Wildman–Crippen LogP) is 1.96. The zero-order valence-corrected chi connectivity index (χ0v) is 14.3. The van der Waals surface area contributed by atoms with Crippen molar-refractivity contribution < 1.29 is 9.59 Å². The molecule has 1 saturated heterocycles. The van der Waals surface area contributed by atoms with Crippen molar-refractivity contribution >= 4 is 11.9 Å². The number of rotatable bonds is 5. The van der Waals surface area contributed by atoms with Gasteiger partial charge in [0.1, 0.15) is 6.54 Å². The minimum absolute atomic E-state index is 0.0513. The summed E-state index contributed by atoms with van der Waals surface area (Å²) < 4.78 is 0. The third kappa shape index (κ3) is 4.98. The molecule has 6 nitrogen and oxygen atoms in total. The van der Waals surface area contributed by atoms with Gasteiger partial charge in [0.2, 0.25) is 5.91 Å². The fraction of sp³-hybridized carbons (Fsp3) is 0.500. The van der Waals surface area contributed by atoms with Gasteiger partial charge in [0.25, 0.3) is 0 Å². The smallest absolute Gasteiger partial charge is 0.317 e. The van der Waals surface area contributed by atoms with Crippen LogP contribution in [0, 0.1) is 17.2 Å². The number of hydrogen-bond acceptors (Lipinski definition) is 3. The summed E-state index contributed by atoms with van der Waals surface area (Å²) in [5, 5.41) is 11.7. The lowest BCUT2D eigenvalue weighted by Crippen LogP contribution is -2.54. The van der Waals surface area contributed by atoms with Crippen molar-refractivity contribution in [2.75, 3.05) is 26.2 Å². The number of nitrogens with zero attached hydrogens (tertiary/aromatic N) is 3. The number of benzene rings is 1. The van der Waals surface area contributed by atoms with Gasteiger partial charge < -0.3 is 15.1 Å². The molecule has 1 heterocycles. The van der Waals surface area contributed by atoms with E-state index in [2.05, 4.69) is 25.2 Å². The van der Waals surface area contributed by atoms with E-state index < -0.39 is 0 Å². The van der Waals surface area contributed by atoms with Crippen molar-refractivity contribution in [3.8, 4) is 6.07 Å². The van der Waals surface area contributed by atoms with Crippen LogP contribution >= 0.6 is 0 Å². The molecule has 1 aliphatic heterocycles. The minimum Gasteiger partial charge on any atom is -0.338 e. The quantitative estimate of drug-likeness (QED) is 0.897. The lowest BCUT2D eigenvalue weighted by molar-refractivity contribution is -0.135. The SMILES string of the molecule is CC(C)CCNC(=O)N1CCN(Cc2ccc(C#N)cc2)C(=O)C1. The molecule has 6 heteroatoms. The zero-order chi connectivity index (χ0) is 17.5. The lowest BCUT2D eigenvalue weighted by atomic mass is 10.1. The Balaban J connectivity index is 1.82. The van der Waals surface area contributed by atoms with Gasteiger partial charge in [-0.3, -0.25) is 4.79 Å². The normalized spacial score (nSPS) is 14.7. The molecule has 2 rings (SSSR count). The summed E-state index contributed by atoms with van der Waals surface area (Å²) in [4.78, 5) is 27.7. The molecular weight excluding hydrogens is 304 g/mol. The van der Waals surface area contributed by atoms with E-state index in [-0.39, 0.29) is 18.5 Å². The van der Waals surface area contributed by atoms with Crippen LogP contribution in [0.1, 0.15) is 31.4 Å². The number of hydrogen-bond donors (Lipinski definition) is 1. The molecule has 0 atom stereocenters. The average molecular weight is 328 g/mol. The van der Waals surface area contributed by atoms with Crippen LogP contribution in [0.5, 0.6) is 0 Å². The third-order valence-corrected chi connectivity index (χ3v) is 4.06. The van der Waals surface area contributed by atoms with E-state index >= 15 is 0 Å². The lowest BCUT2D eigenvalue weighted by Gasteiger charge is -2.34. The van der Waals surface area contributed by atoms with Gasteiger partial charge in [0.15, 0.2) is 0 Å². The maximum Gasteiger partial charge on any atom is 0.317 e. The van der Waals surface area contributed by atoms with Gasteiger partial charge in [0.05, 0.1) is 11.6 Å². The molecule has 1 aromatic carbocycles. The van der Waals surface area contributed by atoms with Gasteiger partial charge in [-0.15, -0.1) is 0 Å². The van der Waals surface area contributed by atoms with Gasteiger partial charge in [-0.2, -0.15) is 5.26 Å². The van der Waals surface area contributed by atoms with E-state index in [4.69, 9.17) is 5.26 Å². The van der Waals surface area contributed by atoms with Gasteiger partial charge >= 0.3 is 6.03 Å². The van der Waals surface area contributed by atoms with Crippen LogP contribution < -0.4 is 5.32 Å². The zero-order valence-electron chi connectivity index (χ0n) is 14.3. The Kier molecular flexibility index (Phi) is 6.19. The van der Waals surface area contributed by atoms with Gasteiger partial charge in [-0.1, -0.05) is 26.0 Å². The summed E-state index contributed by atoms with van der Waals surface area (Å²) in [6.07, 6.45) is 0.929. The first-order chi connectivity index (χ1) is 11.5. The molecule has 24 heavy (non-hydrogen) atoms. The van der Waals surface area contributed by atoms with Crippen LogP contribution in [0.4, 0.5) is 4.79 Å². The minimum atomic E-state index is -0.165. The molecular formula is C18H24N4O2. The largest absolute Gasteiger partial charge is 0.338 e. The number of carbonyl (C=O) groups excluding carboxylic acids is 2. The Labute approximate surface area is 143 Å². The van der Waals surface area contributed by atoms with Gasteiger partial charge in [0, 0.05) is 26.2 Å². The number of nitriles is 1. The molecule has 1 N–H and O–H groups in total. The summed E-state index contributed by atoms with van der Waals surface area (Å²) in [6, 6.07) is 9.12. The van der Waals surface area contributed by atoms with Gasteiger partial charge in [-0.25, -0.2) is 4.79 Å². The van der Waals surface area contributed by atoms with Crippen LogP contribution in [0.3, 0.4) is 0 Å². The Morgan fingerprint density at radius 3 is 2.58 bits per heavy atom. The number of piperazine rings is 1. The molecule has 1 aromatic rings. The number of nitrogens with one attached hydrogen (secondary N) is 1. The number of carbonyl (C=O) groups is 2. The Hall–Kier alpha value is -2.55. The molecule has 1 aliphatic rings. The average Bonchev–Trinajstić information content (AvgIpc) is 2.57. The second-order valence-corrected chi connectivity index (χ2v) is 6.46. The molecule has 0 aliphatic carbocycles. The Morgan fingerprint density at radius 1 is 1.29 bits per heavy atom. The van der Waals surface area contributed by atoms with Crippen LogP contribution in [-0.2, 0) is 11.3 Å².